The number of carbonyl (C=O) groups is 1. The topological polar surface area (TPSA) is 43.8 Å². The minimum absolute atomic E-state index is 0.105. The number of nitrogens with zero attached hydrogens (tertiary/aromatic N) is 2. The maximum absolute atomic E-state index is 11.6. The van der Waals surface area contributed by atoms with Crippen molar-refractivity contribution < 1.29 is 9.90 Å². The number of aliphatic hydroxyl groups is 1. The maximum atomic E-state index is 11.6. The van der Waals surface area contributed by atoms with E-state index in [0.29, 0.717) is 13.0 Å². The highest BCUT2D eigenvalue weighted by atomic mass is 32.1. The van der Waals surface area contributed by atoms with Gasteiger partial charge in [0.1, 0.15) is 0 Å². The lowest BCUT2D eigenvalue weighted by Gasteiger charge is -2.31. The lowest BCUT2D eigenvalue weighted by atomic mass is 10.2. The van der Waals surface area contributed by atoms with Gasteiger partial charge in [0.2, 0.25) is 5.91 Å². The van der Waals surface area contributed by atoms with Gasteiger partial charge in [-0.25, -0.2) is 0 Å². The summed E-state index contributed by atoms with van der Waals surface area (Å²) in [4.78, 5) is 16.8. The fraction of sp³-hybridized carbons (Fsp3) is 0.500. The standard InChI is InChI=1S/C14H18N2O2S/c1-15-5-6-16(10-14(15)18)9-13-8-12(11-19-13)4-2-3-7-17/h8,11,17H,3,5-7,9-10H2,1H3. The molecule has 0 saturated carbocycles. The van der Waals surface area contributed by atoms with Crippen LogP contribution in [0.15, 0.2) is 11.4 Å². The molecule has 0 radical (unpaired) electrons. The van der Waals surface area contributed by atoms with Crippen LogP contribution in [0.1, 0.15) is 16.9 Å². The lowest BCUT2D eigenvalue weighted by molar-refractivity contribution is -0.134. The van der Waals surface area contributed by atoms with Crippen molar-refractivity contribution in [3.05, 3.63) is 21.9 Å². The van der Waals surface area contributed by atoms with E-state index in [4.69, 9.17) is 5.11 Å². The van der Waals surface area contributed by atoms with Crippen LogP contribution in [0.5, 0.6) is 0 Å². The van der Waals surface area contributed by atoms with Crippen LogP contribution in [-0.2, 0) is 11.3 Å². The average molecular weight is 278 g/mol. The van der Waals surface area contributed by atoms with Crippen LogP contribution in [0.3, 0.4) is 0 Å². The average Bonchev–Trinajstić information content (AvgIpc) is 2.82. The van der Waals surface area contributed by atoms with E-state index in [2.05, 4.69) is 22.8 Å². The number of amides is 1. The Morgan fingerprint density at radius 3 is 3.05 bits per heavy atom. The third-order valence-corrected chi connectivity index (χ3v) is 3.96. The van der Waals surface area contributed by atoms with Crippen LogP contribution in [0.4, 0.5) is 0 Å². The van der Waals surface area contributed by atoms with E-state index in [9.17, 15) is 4.79 Å². The Hall–Kier alpha value is -1.35. The van der Waals surface area contributed by atoms with Gasteiger partial charge in [-0.3, -0.25) is 9.69 Å². The maximum Gasteiger partial charge on any atom is 0.236 e. The molecule has 2 rings (SSSR count). The van der Waals surface area contributed by atoms with Gasteiger partial charge in [-0.1, -0.05) is 11.8 Å². The van der Waals surface area contributed by atoms with E-state index in [0.717, 1.165) is 25.2 Å². The van der Waals surface area contributed by atoms with Crippen LogP contribution in [0, 0.1) is 11.8 Å². The van der Waals surface area contributed by atoms with Gasteiger partial charge >= 0.3 is 0 Å². The van der Waals surface area contributed by atoms with Crippen molar-refractivity contribution in [3.63, 3.8) is 0 Å². The summed E-state index contributed by atoms with van der Waals surface area (Å²) >= 11 is 1.67. The molecule has 1 aromatic heterocycles. The predicted molar refractivity (Wildman–Crippen MR) is 75.8 cm³/mol. The number of likely N-dealkylation sites (N-methyl/N-ethyl adjacent to an activating group) is 1. The van der Waals surface area contributed by atoms with Gasteiger partial charge in [0, 0.05) is 48.9 Å². The molecule has 19 heavy (non-hydrogen) atoms. The summed E-state index contributed by atoms with van der Waals surface area (Å²) in [6.45, 7) is 3.14. The van der Waals surface area contributed by atoms with Gasteiger partial charge in [-0.05, 0) is 6.07 Å². The molecule has 0 spiro atoms. The molecule has 0 unspecified atom stereocenters. The van der Waals surface area contributed by atoms with Gasteiger partial charge < -0.3 is 10.0 Å². The first-order valence-electron chi connectivity index (χ1n) is 6.32. The highest BCUT2D eigenvalue weighted by molar-refractivity contribution is 7.10. The summed E-state index contributed by atoms with van der Waals surface area (Å²) in [7, 11) is 1.85. The second-order valence-corrected chi connectivity index (χ2v) is 5.60. The van der Waals surface area contributed by atoms with Crippen molar-refractivity contribution in [2.45, 2.75) is 13.0 Å². The lowest BCUT2D eigenvalue weighted by Crippen LogP contribution is -2.47. The van der Waals surface area contributed by atoms with Crippen molar-refractivity contribution >= 4 is 17.2 Å². The third kappa shape index (κ3) is 4.06. The molecule has 102 valence electrons. The molecule has 5 heteroatoms. The first-order valence-corrected chi connectivity index (χ1v) is 7.20. The van der Waals surface area contributed by atoms with Crippen molar-refractivity contribution in [1.82, 2.24) is 9.80 Å². The summed E-state index contributed by atoms with van der Waals surface area (Å²) in [5, 5.41) is 10.7. The molecule has 0 aliphatic carbocycles. The SMILES string of the molecule is CN1CCN(Cc2cc(C#CCCO)cs2)CC1=O. The molecule has 0 bridgehead atoms. The van der Waals surface area contributed by atoms with Crippen LogP contribution < -0.4 is 0 Å². The molecule has 1 fully saturated rings. The largest absolute Gasteiger partial charge is 0.395 e. The number of hydrogen-bond acceptors (Lipinski definition) is 4. The summed E-state index contributed by atoms with van der Waals surface area (Å²) in [6.07, 6.45) is 0.512. The van der Waals surface area contributed by atoms with E-state index < -0.39 is 0 Å². The van der Waals surface area contributed by atoms with Gasteiger partial charge in [0.05, 0.1) is 13.2 Å². The number of piperazine rings is 1. The molecule has 1 aliphatic rings. The second-order valence-electron chi connectivity index (χ2n) is 4.60. The second kappa shape index (κ2) is 6.71. The van der Waals surface area contributed by atoms with Crippen molar-refractivity contribution in [3.8, 4) is 11.8 Å². The fourth-order valence-electron chi connectivity index (χ4n) is 1.91. The molecule has 0 aromatic carbocycles. The normalized spacial score (nSPS) is 16.3. The molecule has 1 N–H and O–H groups in total. The predicted octanol–water partition coefficient (Wildman–Crippen LogP) is 0.756. The Morgan fingerprint density at radius 2 is 2.32 bits per heavy atom. The van der Waals surface area contributed by atoms with Gasteiger partial charge in [-0.15, -0.1) is 11.3 Å². The molecular weight excluding hydrogens is 260 g/mol. The zero-order chi connectivity index (χ0) is 13.7. The van der Waals surface area contributed by atoms with Crippen LogP contribution >= 0.6 is 11.3 Å². The molecule has 1 amide bonds. The van der Waals surface area contributed by atoms with Crippen LogP contribution in [0.2, 0.25) is 0 Å². The van der Waals surface area contributed by atoms with Crippen LogP contribution in [-0.4, -0.2) is 54.1 Å². The Labute approximate surface area is 117 Å². The fourth-order valence-corrected chi connectivity index (χ4v) is 2.77. The number of rotatable bonds is 3. The van der Waals surface area contributed by atoms with Gasteiger partial charge in [-0.2, -0.15) is 0 Å². The highest BCUT2D eigenvalue weighted by Crippen LogP contribution is 2.17. The van der Waals surface area contributed by atoms with Gasteiger partial charge in [0.15, 0.2) is 0 Å². The minimum atomic E-state index is 0.105. The molecule has 2 heterocycles. The number of hydrogen-bond donors (Lipinski definition) is 1. The zero-order valence-electron chi connectivity index (χ0n) is 11.1. The Bertz CT molecular complexity index is 501. The van der Waals surface area contributed by atoms with E-state index in [1.807, 2.05) is 12.4 Å². The Kier molecular flexibility index (Phi) is 4.97. The Balaban J connectivity index is 1.90. The summed E-state index contributed by atoms with van der Waals surface area (Å²) in [5.74, 6) is 6.13. The minimum Gasteiger partial charge on any atom is -0.395 e. The number of aliphatic hydroxyl groups excluding tert-OH is 1. The molecule has 1 saturated heterocycles. The Morgan fingerprint density at radius 1 is 1.47 bits per heavy atom. The zero-order valence-corrected chi connectivity index (χ0v) is 11.9. The van der Waals surface area contributed by atoms with Gasteiger partial charge in [0.25, 0.3) is 0 Å². The summed E-state index contributed by atoms with van der Waals surface area (Å²) < 4.78 is 0. The third-order valence-electron chi connectivity index (χ3n) is 3.04. The molecule has 4 nitrogen and oxygen atoms in total. The number of thiophene rings is 1. The quantitative estimate of drug-likeness (QED) is 0.830. The first-order chi connectivity index (χ1) is 9.19. The summed E-state index contributed by atoms with van der Waals surface area (Å²) in [5.41, 5.74) is 0.994. The molecule has 0 atom stereocenters. The van der Waals surface area contributed by atoms with Crippen molar-refractivity contribution in [1.29, 1.82) is 0 Å². The summed E-state index contributed by atoms with van der Waals surface area (Å²) in [6, 6.07) is 2.07. The van der Waals surface area contributed by atoms with Crippen molar-refractivity contribution in [2.75, 3.05) is 33.3 Å². The molecular formula is C14H18N2O2S. The molecule has 1 aliphatic heterocycles. The number of carbonyl (C=O) groups excluding carboxylic acids is 1. The van der Waals surface area contributed by atoms with E-state index in [1.54, 1.807) is 16.2 Å². The monoisotopic (exact) mass is 278 g/mol. The molecule has 1 aromatic rings. The first kappa shape index (κ1) is 14.1. The van der Waals surface area contributed by atoms with Crippen molar-refractivity contribution in [2.24, 2.45) is 0 Å². The van der Waals surface area contributed by atoms with E-state index in [1.165, 1.54) is 4.88 Å². The van der Waals surface area contributed by atoms with E-state index in [-0.39, 0.29) is 12.5 Å². The highest BCUT2D eigenvalue weighted by Gasteiger charge is 2.21. The van der Waals surface area contributed by atoms with E-state index >= 15 is 0 Å². The van der Waals surface area contributed by atoms with Crippen LogP contribution in [0.25, 0.3) is 0 Å². The smallest absolute Gasteiger partial charge is 0.236 e.